The van der Waals surface area contributed by atoms with Crippen molar-refractivity contribution >= 4 is 21.6 Å². The molecule has 0 saturated heterocycles. The fourth-order valence-electron chi connectivity index (χ4n) is 3.16. The number of sulfonamides is 1. The fourth-order valence-corrected chi connectivity index (χ4v) is 4.46. The maximum Gasteiger partial charge on any atom is 0.259 e. The van der Waals surface area contributed by atoms with Crippen LogP contribution in [-0.2, 0) is 10.0 Å². The molecule has 1 amide bonds. The molecule has 32 heavy (non-hydrogen) atoms. The summed E-state index contributed by atoms with van der Waals surface area (Å²) in [7, 11) is -0.928. The molecule has 0 atom stereocenters. The number of para-hydroxylation sites is 2. The zero-order chi connectivity index (χ0) is 22.9. The molecule has 0 aliphatic carbocycles. The molecule has 1 heterocycles. The van der Waals surface area contributed by atoms with Gasteiger partial charge in [-0.1, -0.05) is 19.1 Å². The number of amides is 1. The van der Waals surface area contributed by atoms with Crippen LogP contribution in [-0.4, -0.2) is 39.3 Å². The minimum absolute atomic E-state index is 0.0430. The first-order valence-corrected chi connectivity index (χ1v) is 11.3. The van der Waals surface area contributed by atoms with Gasteiger partial charge in [-0.25, -0.2) is 12.7 Å². The summed E-state index contributed by atoms with van der Waals surface area (Å²) < 4.78 is 44.7. The van der Waals surface area contributed by atoms with E-state index in [1.807, 2.05) is 0 Å². The van der Waals surface area contributed by atoms with Gasteiger partial charge in [0.1, 0.15) is 22.1 Å². The third-order valence-corrected chi connectivity index (χ3v) is 7.02. The van der Waals surface area contributed by atoms with Crippen LogP contribution >= 0.6 is 0 Å². The third kappa shape index (κ3) is 4.00. The van der Waals surface area contributed by atoms with Crippen molar-refractivity contribution in [2.24, 2.45) is 0 Å². The first-order chi connectivity index (χ1) is 15.3. The maximum absolute atomic E-state index is 13.2. The normalized spacial score (nSPS) is 12.8. The standard InChI is InChI=1S/C23H22N2O6S/c1-4-25(2)32(27,28)22-13-17-20(31-19-8-6-5-7-18(19)24-23(17)26)14-21(22)30-16-11-9-15(29-3)10-12-16/h5-14H,4H2,1-3H3,(H,24,26). The number of carbonyl (C=O) groups is 1. The highest BCUT2D eigenvalue weighted by molar-refractivity contribution is 7.89. The summed E-state index contributed by atoms with van der Waals surface area (Å²) in [5.74, 6) is 1.23. The smallest absolute Gasteiger partial charge is 0.259 e. The summed E-state index contributed by atoms with van der Waals surface area (Å²) in [5, 5.41) is 2.76. The Morgan fingerprint density at radius 2 is 1.69 bits per heavy atom. The van der Waals surface area contributed by atoms with Crippen molar-refractivity contribution in [1.82, 2.24) is 4.31 Å². The number of methoxy groups -OCH3 is 1. The second-order valence-electron chi connectivity index (χ2n) is 7.04. The molecule has 1 aliphatic heterocycles. The van der Waals surface area contributed by atoms with Crippen molar-refractivity contribution in [3.05, 3.63) is 66.2 Å². The van der Waals surface area contributed by atoms with Crippen LogP contribution in [0.1, 0.15) is 17.3 Å². The average molecular weight is 455 g/mol. The molecule has 1 aliphatic rings. The number of hydrogen-bond donors (Lipinski definition) is 1. The zero-order valence-electron chi connectivity index (χ0n) is 17.8. The molecule has 0 radical (unpaired) electrons. The highest BCUT2D eigenvalue weighted by Gasteiger charge is 2.30. The van der Waals surface area contributed by atoms with E-state index in [2.05, 4.69) is 5.32 Å². The zero-order valence-corrected chi connectivity index (χ0v) is 18.6. The Bertz CT molecular complexity index is 1270. The molecule has 8 nitrogen and oxygen atoms in total. The van der Waals surface area contributed by atoms with Crippen molar-refractivity contribution in [3.63, 3.8) is 0 Å². The van der Waals surface area contributed by atoms with Gasteiger partial charge in [-0.15, -0.1) is 0 Å². The summed E-state index contributed by atoms with van der Waals surface area (Å²) >= 11 is 0. The molecular formula is C23H22N2O6S. The third-order valence-electron chi connectivity index (χ3n) is 5.07. The Kier molecular flexibility index (Phi) is 5.77. The van der Waals surface area contributed by atoms with Crippen LogP contribution in [0.25, 0.3) is 0 Å². The molecule has 3 aromatic rings. The van der Waals surface area contributed by atoms with E-state index in [0.29, 0.717) is 22.9 Å². The SMILES string of the molecule is CCN(C)S(=O)(=O)c1cc2c(cc1Oc1ccc(OC)cc1)Oc1ccccc1NC2=O. The predicted octanol–water partition coefficient (Wildman–Crippen LogP) is 4.49. The van der Waals surface area contributed by atoms with Crippen molar-refractivity contribution < 1.29 is 27.4 Å². The van der Waals surface area contributed by atoms with E-state index in [4.69, 9.17) is 14.2 Å². The van der Waals surface area contributed by atoms with Gasteiger partial charge in [-0.2, -0.15) is 0 Å². The number of ether oxygens (including phenoxy) is 3. The topological polar surface area (TPSA) is 94.2 Å². The molecule has 3 aromatic carbocycles. The van der Waals surface area contributed by atoms with Gasteiger partial charge in [-0.3, -0.25) is 4.79 Å². The van der Waals surface area contributed by atoms with Gasteiger partial charge < -0.3 is 19.5 Å². The molecule has 0 aromatic heterocycles. The lowest BCUT2D eigenvalue weighted by atomic mass is 10.1. The number of rotatable bonds is 6. The summed E-state index contributed by atoms with van der Waals surface area (Å²) in [6.07, 6.45) is 0. The lowest BCUT2D eigenvalue weighted by Crippen LogP contribution is -2.27. The first kappa shape index (κ1) is 21.7. The van der Waals surface area contributed by atoms with Crippen LogP contribution in [0.3, 0.4) is 0 Å². The van der Waals surface area contributed by atoms with Gasteiger partial charge in [0.25, 0.3) is 5.91 Å². The van der Waals surface area contributed by atoms with Crippen LogP contribution in [0.15, 0.2) is 65.6 Å². The van der Waals surface area contributed by atoms with Gasteiger partial charge in [0, 0.05) is 19.7 Å². The molecule has 0 bridgehead atoms. The maximum atomic E-state index is 13.2. The molecule has 166 valence electrons. The molecule has 4 rings (SSSR count). The number of nitrogens with zero attached hydrogens (tertiary/aromatic N) is 1. The van der Waals surface area contributed by atoms with E-state index < -0.39 is 15.9 Å². The molecule has 0 saturated carbocycles. The van der Waals surface area contributed by atoms with Crippen molar-refractivity contribution in [3.8, 4) is 28.7 Å². The summed E-state index contributed by atoms with van der Waals surface area (Å²) in [6, 6.07) is 16.4. The van der Waals surface area contributed by atoms with E-state index >= 15 is 0 Å². The first-order valence-electron chi connectivity index (χ1n) is 9.88. The van der Waals surface area contributed by atoms with Crippen molar-refractivity contribution in [2.45, 2.75) is 11.8 Å². The minimum Gasteiger partial charge on any atom is -0.497 e. The Morgan fingerprint density at radius 1 is 1.00 bits per heavy atom. The summed E-state index contributed by atoms with van der Waals surface area (Å²) in [6.45, 7) is 1.97. The highest BCUT2D eigenvalue weighted by atomic mass is 32.2. The van der Waals surface area contributed by atoms with Gasteiger partial charge in [-0.05, 0) is 42.5 Å². The molecule has 0 unspecified atom stereocenters. The molecule has 0 fully saturated rings. The monoisotopic (exact) mass is 454 g/mol. The van der Waals surface area contributed by atoms with Crippen LogP contribution in [0.2, 0.25) is 0 Å². The summed E-state index contributed by atoms with van der Waals surface area (Å²) in [4.78, 5) is 12.7. The Morgan fingerprint density at radius 3 is 2.38 bits per heavy atom. The van der Waals surface area contributed by atoms with E-state index in [1.165, 1.54) is 23.5 Å². The molecule has 1 N–H and O–H groups in total. The number of anilines is 1. The highest BCUT2D eigenvalue weighted by Crippen LogP contribution is 2.41. The fraction of sp³-hybridized carbons (Fsp3) is 0.174. The lowest BCUT2D eigenvalue weighted by Gasteiger charge is -2.19. The van der Waals surface area contributed by atoms with Gasteiger partial charge in [0.05, 0.1) is 18.4 Å². The van der Waals surface area contributed by atoms with E-state index in [9.17, 15) is 13.2 Å². The van der Waals surface area contributed by atoms with Gasteiger partial charge in [0.15, 0.2) is 11.5 Å². The second-order valence-corrected chi connectivity index (χ2v) is 9.06. The van der Waals surface area contributed by atoms with Crippen molar-refractivity contribution in [1.29, 1.82) is 0 Å². The largest absolute Gasteiger partial charge is 0.497 e. The van der Waals surface area contributed by atoms with Crippen LogP contribution < -0.4 is 19.5 Å². The Balaban J connectivity index is 1.87. The number of carbonyl (C=O) groups excluding carboxylic acids is 1. The number of fused-ring (bicyclic) bond motifs is 2. The van der Waals surface area contributed by atoms with E-state index in [0.717, 1.165) is 0 Å². The molecule has 9 heteroatoms. The van der Waals surface area contributed by atoms with Crippen molar-refractivity contribution in [2.75, 3.05) is 26.0 Å². The summed E-state index contributed by atoms with van der Waals surface area (Å²) in [5.41, 5.74) is 0.577. The average Bonchev–Trinajstić information content (AvgIpc) is 2.93. The van der Waals surface area contributed by atoms with E-state index in [1.54, 1.807) is 62.6 Å². The van der Waals surface area contributed by atoms with Crippen LogP contribution in [0, 0.1) is 0 Å². The number of hydrogen-bond acceptors (Lipinski definition) is 6. The minimum atomic E-state index is -3.94. The predicted molar refractivity (Wildman–Crippen MR) is 119 cm³/mol. The lowest BCUT2D eigenvalue weighted by molar-refractivity contribution is 0.102. The Labute approximate surface area is 186 Å². The Hall–Kier alpha value is -3.56. The van der Waals surface area contributed by atoms with E-state index in [-0.39, 0.29) is 28.5 Å². The second kappa shape index (κ2) is 8.52. The molecule has 0 spiro atoms. The molecular weight excluding hydrogens is 432 g/mol. The van der Waals surface area contributed by atoms with Crippen LogP contribution in [0.4, 0.5) is 5.69 Å². The quantitative estimate of drug-likeness (QED) is 0.590. The number of nitrogens with one attached hydrogen (secondary N) is 1. The number of benzene rings is 3. The van der Waals surface area contributed by atoms with Gasteiger partial charge >= 0.3 is 0 Å². The van der Waals surface area contributed by atoms with Gasteiger partial charge in [0.2, 0.25) is 10.0 Å². The van der Waals surface area contributed by atoms with Crippen LogP contribution in [0.5, 0.6) is 28.7 Å².